The monoisotopic (exact) mass is 335 g/mol. The Balaban J connectivity index is 1.58. The van der Waals surface area contributed by atoms with Crippen LogP contribution in [0.25, 0.3) is 0 Å². The number of hydrogen-bond acceptors (Lipinski definition) is 4. The number of furan rings is 1. The molecular formula is C18H33N5O. The average Bonchev–Trinajstić information content (AvgIpc) is 3.13. The highest BCUT2D eigenvalue weighted by molar-refractivity contribution is 5.79. The van der Waals surface area contributed by atoms with Crippen LogP contribution in [0.3, 0.4) is 0 Å². The van der Waals surface area contributed by atoms with Crippen LogP contribution < -0.4 is 10.6 Å². The van der Waals surface area contributed by atoms with Crippen LogP contribution in [0.4, 0.5) is 0 Å². The molecule has 1 saturated heterocycles. The SMILES string of the molecule is CCNC(=NCc1ccco1)NCCCCN1CCN(CC)CC1. The molecule has 136 valence electrons. The molecule has 1 aromatic heterocycles. The maximum absolute atomic E-state index is 5.32. The molecule has 1 fully saturated rings. The molecule has 1 aliphatic heterocycles. The summed E-state index contributed by atoms with van der Waals surface area (Å²) in [6, 6.07) is 3.84. The number of hydrogen-bond donors (Lipinski definition) is 2. The molecule has 2 heterocycles. The first kappa shape index (κ1) is 18.8. The highest BCUT2D eigenvalue weighted by Gasteiger charge is 2.14. The maximum Gasteiger partial charge on any atom is 0.191 e. The molecule has 24 heavy (non-hydrogen) atoms. The highest BCUT2D eigenvalue weighted by atomic mass is 16.3. The zero-order valence-electron chi connectivity index (χ0n) is 15.3. The lowest BCUT2D eigenvalue weighted by atomic mass is 10.2. The van der Waals surface area contributed by atoms with E-state index in [1.165, 1.54) is 52.1 Å². The van der Waals surface area contributed by atoms with E-state index in [1.54, 1.807) is 6.26 Å². The van der Waals surface area contributed by atoms with Gasteiger partial charge >= 0.3 is 0 Å². The van der Waals surface area contributed by atoms with Gasteiger partial charge in [-0.3, -0.25) is 0 Å². The lowest BCUT2D eigenvalue weighted by molar-refractivity contribution is 0.136. The average molecular weight is 335 g/mol. The molecule has 1 aromatic rings. The highest BCUT2D eigenvalue weighted by Crippen LogP contribution is 2.03. The third-order valence-electron chi connectivity index (χ3n) is 4.42. The molecule has 2 rings (SSSR count). The molecule has 0 atom stereocenters. The molecule has 2 N–H and O–H groups in total. The van der Waals surface area contributed by atoms with Crippen molar-refractivity contribution in [3.05, 3.63) is 24.2 Å². The van der Waals surface area contributed by atoms with Crippen LogP contribution in [0.2, 0.25) is 0 Å². The van der Waals surface area contributed by atoms with Crippen molar-refractivity contribution >= 4 is 5.96 Å². The van der Waals surface area contributed by atoms with E-state index in [4.69, 9.17) is 4.42 Å². The van der Waals surface area contributed by atoms with Crippen molar-refractivity contribution in [2.75, 3.05) is 52.4 Å². The minimum atomic E-state index is 0.573. The summed E-state index contributed by atoms with van der Waals surface area (Å²) in [6.07, 6.45) is 4.08. The van der Waals surface area contributed by atoms with Crippen LogP contribution in [-0.4, -0.2) is 68.1 Å². The van der Waals surface area contributed by atoms with Crippen LogP contribution in [0.1, 0.15) is 32.4 Å². The Bertz CT molecular complexity index is 452. The first-order chi connectivity index (χ1) is 11.8. The summed E-state index contributed by atoms with van der Waals surface area (Å²) in [5.41, 5.74) is 0. The number of piperazine rings is 1. The van der Waals surface area contributed by atoms with Gasteiger partial charge in [0.25, 0.3) is 0 Å². The molecule has 0 saturated carbocycles. The predicted octanol–water partition coefficient (Wildman–Crippen LogP) is 1.75. The Labute approximate surface area is 146 Å². The second kappa shape index (κ2) is 11.1. The van der Waals surface area contributed by atoms with Gasteiger partial charge in [0.2, 0.25) is 0 Å². The van der Waals surface area contributed by atoms with Crippen molar-refractivity contribution in [1.29, 1.82) is 0 Å². The van der Waals surface area contributed by atoms with Crippen LogP contribution >= 0.6 is 0 Å². The summed E-state index contributed by atoms with van der Waals surface area (Å²) in [5, 5.41) is 6.69. The van der Waals surface area contributed by atoms with E-state index < -0.39 is 0 Å². The van der Waals surface area contributed by atoms with E-state index in [0.29, 0.717) is 6.54 Å². The van der Waals surface area contributed by atoms with Gasteiger partial charge in [0.1, 0.15) is 12.3 Å². The van der Waals surface area contributed by atoms with E-state index in [0.717, 1.165) is 24.8 Å². The summed E-state index contributed by atoms with van der Waals surface area (Å²) in [5.74, 6) is 1.75. The summed E-state index contributed by atoms with van der Waals surface area (Å²) in [7, 11) is 0. The van der Waals surface area contributed by atoms with E-state index in [-0.39, 0.29) is 0 Å². The lowest BCUT2D eigenvalue weighted by Crippen LogP contribution is -2.46. The molecular weight excluding hydrogens is 302 g/mol. The topological polar surface area (TPSA) is 56.0 Å². The molecule has 6 heteroatoms. The van der Waals surface area contributed by atoms with Crippen molar-refractivity contribution in [1.82, 2.24) is 20.4 Å². The summed E-state index contributed by atoms with van der Waals surface area (Å²) < 4.78 is 5.32. The Morgan fingerprint density at radius 3 is 2.58 bits per heavy atom. The van der Waals surface area contributed by atoms with Crippen molar-refractivity contribution in [3.63, 3.8) is 0 Å². The first-order valence-corrected chi connectivity index (χ1v) is 9.31. The molecule has 6 nitrogen and oxygen atoms in total. The maximum atomic E-state index is 5.32. The zero-order chi connectivity index (χ0) is 17.0. The summed E-state index contributed by atoms with van der Waals surface area (Å²) in [4.78, 5) is 9.66. The largest absolute Gasteiger partial charge is 0.467 e. The van der Waals surface area contributed by atoms with E-state index in [2.05, 4.69) is 39.3 Å². The van der Waals surface area contributed by atoms with Crippen molar-refractivity contribution in [3.8, 4) is 0 Å². The second-order valence-electron chi connectivity index (χ2n) is 6.18. The Kier molecular flexibility index (Phi) is 8.70. The van der Waals surface area contributed by atoms with Gasteiger partial charge in [-0.25, -0.2) is 4.99 Å². The first-order valence-electron chi connectivity index (χ1n) is 9.31. The molecule has 0 amide bonds. The van der Waals surface area contributed by atoms with E-state index >= 15 is 0 Å². The lowest BCUT2D eigenvalue weighted by Gasteiger charge is -2.34. The standard InChI is InChI=1S/C18H33N5O/c1-3-19-18(21-16-17-8-7-15-24-17)20-9-5-6-10-23-13-11-22(4-2)12-14-23/h7-8,15H,3-6,9-14,16H2,1-2H3,(H2,19,20,21). The Morgan fingerprint density at radius 2 is 1.92 bits per heavy atom. The quantitative estimate of drug-likeness (QED) is 0.409. The minimum Gasteiger partial charge on any atom is -0.467 e. The number of guanidine groups is 1. The van der Waals surface area contributed by atoms with Crippen LogP contribution in [0.15, 0.2) is 27.8 Å². The molecule has 0 spiro atoms. The van der Waals surface area contributed by atoms with Crippen LogP contribution in [0, 0.1) is 0 Å². The van der Waals surface area contributed by atoms with Gasteiger partial charge in [0, 0.05) is 39.3 Å². The van der Waals surface area contributed by atoms with Crippen molar-refractivity contribution in [2.24, 2.45) is 4.99 Å². The molecule has 1 aliphatic rings. The van der Waals surface area contributed by atoms with Gasteiger partial charge in [0.15, 0.2) is 5.96 Å². The van der Waals surface area contributed by atoms with Crippen LogP contribution in [0.5, 0.6) is 0 Å². The number of likely N-dealkylation sites (N-methyl/N-ethyl adjacent to an activating group) is 1. The zero-order valence-corrected chi connectivity index (χ0v) is 15.3. The van der Waals surface area contributed by atoms with Crippen molar-refractivity contribution in [2.45, 2.75) is 33.2 Å². The molecule has 0 aromatic carbocycles. The number of unbranched alkanes of at least 4 members (excludes halogenated alkanes) is 1. The fraction of sp³-hybridized carbons (Fsp3) is 0.722. The number of aliphatic imine (C=N–C) groups is 1. The van der Waals surface area contributed by atoms with Gasteiger partial charge in [0.05, 0.1) is 6.26 Å². The second-order valence-corrected chi connectivity index (χ2v) is 6.18. The third-order valence-corrected chi connectivity index (χ3v) is 4.42. The Hall–Kier alpha value is -1.53. The van der Waals surface area contributed by atoms with Gasteiger partial charge < -0.3 is 24.9 Å². The normalized spacial score (nSPS) is 17.2. The van der Waals surface area contributed by atoms with Gasteiger partial charge in [-0.05, 0) is 45.0 Å². The minimum absolute atomic E-state index is 0.573. The molecule has 0 unspecified atom stereocenters. The molecule has 0 aliphatic carbocycles. The van der Waals surface area contributed by atoms with Gasteiger partial charge in [-0.2, -0.15) is 0 Å². The molecule has 0 bridgehead atoms. The third kappa shape index (κ3) is 6.93. The van der Waals surface area contributed by atoms with E-state index in [9.17, 15) is 0 Å². The van der Waals surface area contributed by atoms with Crippen LogP contribution in [-0.2, 0) is 6.54 Å². The number of rotatable bonds is 9. The fourth-order valence-electron chi connectivity index (χ4n) is 2.90. The number of nitrogens with one attached hydrogen (secondary N) is 2. The summed E-state index contributed by atoms with van der Waals surface area (Å²) in [6.45, 7) is 14.0. The van der Waals surface area contributed by atoms with E-state index in [1.807, 2.05) is 12.1 Å². The van der Waals surface area contributed by atoms with Gasteiger partial charge in [-0.15, -0.1) is 0 Å². The summed E-state index contributed by atoms with van der Waals surface area (Å²) >= 11 is 0. The number of nitrogens with zero attached hydrogens (tertiary/aromatic N) is 3. The smallest absolute Gasteiger partial charge is 0.191 e. The fourth-order valence-corrected chi connectivity index (χ4v) is 2.90. The van der Waals surface area contributed by atoms with Gasteiger partial charge in [-0.1, -0.05) is 6.92 Å². The predicted molar refractivity (Wildman–Crippen MR) is 99.3 cm³/mol. The molecule has 0 radical (unpaired) electrons. The Morgan fingerprint density at radius 1 is 1.12 bits per heavy atom. The van der Waals surface area contributed by atoms with Crippen molar-refractivity contribution < 1.29 is 4.42 Å².